The van der Waals surface area contributed by atoms with Gasteiger partial charge in [-0.25, -0.2) is 9.78 Å². The maximum Gasteiger partial charge on any atom is 0.338 e. The Kier molecular flexibility index (Phi) is 5.80. The highest BCUT2D eigenvalue weighted by Gasteiger charge is 2.29. The summed E-state index contributed by atoms with van der Waals surface area (Å²) in [6.45, 7) is 1.03. The normalized spacial score (nSPS) is 16.1. The Balaban J connectivity index is 1.77. The maximum atomic E-state index is 13.5. The number of hydrogen-bond donors (Lipinski definition) is 0. The van der Waals surface area contributed by atoms with E-state index >= 15 is 0 Å². The Labute approximate surface area is 177 Å². The fourth-order valence-corrected chi connectivity index (χ4v) is 4.63. The molecule has 1 aromatic heterocycles. The van der Waals surface area contributed by atoms with Gasteiger partial charge in [-0.05, 0) is 37.1 Å². The highest BCUT2D eigenvalue weighted by molar-refractivity contribution is 7.22. The van der Waals surface area contributed by atoms with Gasteiger partial charge in [0, 0.05) is 6.61 Å². The minimum absolute atomic E-state index is 0.0771. The van der Waals surface area contributed by atoms with Crippen molar-refractivity contribution < 1.29 is 19.1 Å². The Bertz CT molecular complexity index is 1060. The first kappa shape index (κ1) is 19.8. The smallest absolute Gasteiger partial charge is 0.338 e. The minimum Gasteiger partial charge on any atom is -0.465 e. The van der Waals surface area contributed by atoms with Gasteiger partial charge in [-0.2, -0.15) is 0 Å². The molecule has 0 saturated carbocycles. The zero-order valence-electron chi connectivity index (χ0n) is 15.8. The standard InChI is InChI=1S/C21H19ClN2O4S/c1-27-20(26)15-8-3-2-7-14(15)19(25)24(12-13-6-5-11-28-13)21-23-18-16(22)9-4-10-17(18)29-21/h2-4,7-10,13H,5-6,11-12H2,1H3/t13-/m1/s1. The number of carbonyl (C=O) groups is 2. The van der Waals surface area contributed by atoms with Gasteiger partial charge in [0.1, 0.15) is 5.52 Å². The third kappa shape index (κ3) is 3.99. The van der Waals surface area contributed by atoms with E-state index in [0.29, 0.717) is 28.8 Å². The van der Waals surface area contributed by atoms with E-state index in [9.17, 15) is 9.59 Å². The topological polar surface area (TPSA) is 68.7 Å². The number of aromatic nitrogens is 1. The molecule has 0 bridgehead atoms. The molecule has 0 radical (unpaired) electrons. The van der Waals surface area contributed by atoms with Gasteiger partial charge in [-0.3, -0.25) is 9.69 Å². The van der Waals surface area contributed by atoms with Crippen LogP contribution in [0.1, 0.15) is 33.6 Å². The van der Waals surface area contributed by atoms with Crippen LogP contribution in [0.25, 0.3) is 10.2 Å². The third-order valence-electron chi connectivity index (χ3n) is 4.81. The molecule has 150 valence electrons. The van der Waals surface area contributed by atoms with Crippen molar-refractivity contribution in [1.82, 2.24) is 4.98 Å². The van der Waals surface area contributed by atoms with Crippen LogP contribution in [0.2, 0.25) is 5.02 Å². The van der Waals surface area contributed by atoms with Crippen LogP contribution in [-0.2, 0) is 9.47 Å². The number of para-hydroxylation sites is 1. The molecular formula is C21H19ClN2O4S. The highest BCUT2D eigenvalue weighted by Crippen LogP contribution is 2.34. The lowest BCUT2D eigenvalue weighted by Gasteiger charge is -2.23. The van der Waals surface area contributed by atoms with Crippen LogP contribution in [0, 0.1) is 0 Å². The van der Waals surface area contributed by atoms with Crippen LogP contribution >= 0.6 is 22.9 Å². The number of methoxy groups -OCH3 is 1. The molecule has 29 heavy (non-hydrogen) atoms. The molecule has 1 atom stereocenters. The van der Waals surface area contributed by atoms with Crippen molar-refractivity contribution in [3.63, 3.8) is 0 Å². The first-order valence-corrected chi connectivity index (χ1v) is 10.4. The molecule has 6 nitrogen and oxygen atoms in total. The Morgan fingerprint density at radius 1 is 1.24 bits per heavy atom. The summed E-state index contributed by atoms with van der Waals surface area (Å²) in [5.74, 6) is -0.880. The third-order valence-corrected chi connectivity index (χ3v) is 6.16. The summed E-state index contributed by atoms with van der Waals surface area (Å²) >= 11 is 7.67. The largest absolute Gasteiger partial charge is 0.465 e. The van der Waals surface area contributed by atoms with E-state index in [1.165, 1.54) is 18.4 Å². The number of fused-ring (bicyclic) bond motifs is 1. The lowest BCUT2D eigenvalue weighted by atomic mass is 10.1. The Hall–Kier alpha value is -2.48. The van der Waals surface area contributed by atoms with Crippen molar-refractivity contribution in [2.45, 2.75) is 18.9 Å². The monoisotopic (exact) mass is 430 g/mol. The van der Waals surface area contributed by atoms with E-state index in [4.69, 9.17) is 21.1 Å². The fraction of sp³-hybridized carbons (Fsp3) is 0.286. The zero-order valence-corrected chi connectivity index (χ0v) is 17.3. The molecule has 3 aromatic rings. The van der Waals surface area contributed by atoms with E-state index in [1.54, 1.807) is 35.2 Å². The second kappa shape index (κ2) is 8.49. The van der Waals surface area contributed by atoms with Crippen molar-refractivity contribution in [3.8, 4) is 0 Å². The fourth-order valence-electron chi connectivity index (χ4n) is 3.36. The molecule has 0 N–H and O–H groups in total. The average Bonchev–Trinajstić information content (AvgIpc) is 3.41. The molecule has 0 unspecified atom stereocenters. The van der Waals surface area contributed by atoms with E-state index in [0.717, 1.165) is 17.5 Å². The van der Waals surface area contributed by atoms with Crippen LogP contribution < -0.4 is 4.90 Å². The van der Waals surface area contributed by atoms with E-state index in [1.807, 2.05) is 12.1 Å². The molecule has 1 aliphatic rings. The Morgan fingerprint density at radius 2 is 2.03 bits per heavy atom. The number of anilines is 1. The molecule has 4 rings (SSSR count). The summed E-state index contributed by atoms with van der Waals surface area (Å²) in [6, 6.07) is 12.2. The van der Waals surface area contributed by atoms with Gasteiger partial charge in [-0.15, -0.1) is 0 Å². The summed E-state index contributed by atoms with van der Waals surface area (Å²) in [6.07, 6.45) is 1.75. The van der Waals surface area contributed by atoms with Gasteiger partial charge in [0.2, 0.25) is 0 Å². The molecule has 8 heteroatoms. The predicted octanol–water partition coefficient (Wildman–Crippen LogP) is 4.56. The number of benzene rings is 2. The number of nitrogens with zero attached hydrogens (tertiary/aromatic N) is 2. The number of amides is 1. The lowest BCUT2D eigenvalue weighted by molar-refractivity contribution is 0.0596. The highest BCUT2D eigenvalue weighted by atomic mass is 35.5. The predicted molar refractivity (Wildman–Crippen MR) is 113 cm³/mol. The molecule has 1 aliphatic heterocycles. The number of rotatable bonds is 5. The average molecular weight is 431 g/mol. The molecule has 1 saturated heterocycles. The maximum absolute atomic E-state index is 13.5. The van der Waals surface area contributed by atoms with Crippen molar-refractivity contribution in [2.24, 2.45) is 0 Å². The summed E-state index contributed by atoms with van der Waals surface area (Å²) in [4.78, 5) is 31.9. The van der Waals surface area contributed by atoms with Crippen molar-refractivity contribution >= 4 is 50.2 Å². The summed E-state index contributed by atoms with van der Waals surface area (Å²) in [7, 11) is 1.29. The van der Waals surface area contributed by atoms with Gasteiger partial charge in [0.05, 0.1) is 40.6 Å². The second-order valence-electron chi connectivity index (χ2n) is 6.67. The van der Waals surface area contributed by atoms with E-state index in [-0.39, 0.29) is 23.1 Å². The molecule has 2 heterocycles. The number of hydrogen-bond acceptors (Lipinski definition) is 6. The van der Waals surface area contributed by atoms with Gasteiger partial charge < -0.3 is 9.47 Å². The van der Waals surface area contributed by atoms with Crippen molar-refractivity contribution in [3.05, 3.63) is 58.6 Å². The summed E-state index contributed by atoms with van der Waals surface area (Å²) in [5.41, 5.74) is 1.14. The van der Waals surface area contributed by atoms with E-state index in [2.05, 4.69) is 4.98 Å². The Morgan fingerprint density at radius 3 is 2.72 bits per heavy atom. The second-order valence-corrected chi connectivity index (χ2v) is 8.09. The molecule has 1 amide bonds. The minimum atomic E-state index is -0.557. The SMILES string of the molecule is COC(=O)c1ccccc1C(=O)N(C[C@H]1CCCO1)c1nc2c(Cl)cccc2s1. The summed E-state index contributed by atoms with van der Waals surface area (Å²) in [5, 5.41) is 1.05. The summed E-state index contributed by atoms with van der Waals surface area (Å²) < 4.78 is 11.5. The van der Waals surface area contributed by atoms with Crippen LogP contribution in [0.3, 0.4) is 0 Å². The van der Waals surface area contributed by atoms with E-state index < -0.39 is 5.97 Å². The number of carbonyl (C=O) groups excluding carboxylic acids is 2. The number of esters is 1. The molecule has 2 aromatic carbocycles. The quantitative estimate of drug-likeness (QED) is 0.555. The van der Waals surface area contributed by atoms with Crippen LogP contribution in [0.15, 0.2) is 42.5 Å². The van der Waals surface area contributed by atoms with Crippen LogP contribution in [0.5, 0.6) is 0 Å². The van der Waals surface area contributed by atoms with Gasteiger partial charge in [-0.1, -0.05) is 41.1 Å². The molecule has 0 spiro atoms. The zero-order chi connectivity index (χ0) is 20.4. The first-order valence-electron chi connectivity index (χ1n) is 9.24. The van der Waals surface area contributed by atoms with Crippen molar-refractivity contribution in [1.29, 1.82) is 0 Å². The number of halogens is 1. The molecule has 1 fully saturated rings. The van der Waals surface area contributed by atoms with Gasteiger partial charge in [0.25, 0.3) is 5.91 Å². The van der Waals surface area contributed by atoms with Crippen LogP contribution in [0.4, 0.5) is 5.13 Å². The molecular weight excluding hydrogens is 412 g/mol. The number of thiazole rings is 1. The van der Waals surface area contributed by atoms with Gasteiger partial charge >= 0.3 is 5.97 Å². The lowest BCUT2D eigenvalue weighted by Crippen LogP contribution is -2.38. The first-order chi connectivity index (χ1) is 14.1. The van der Waals surface area contributed by atoms with Crippen LogP contribution in [-0.4, -0.2) is 43.2 Å². The van der Waals surface area contributed by atoms with Crippen molar-refractivity contribution in [2.75, 3.05) is 25.2 Å². The number of ether oxygens (including phenoxy) is 2. The van der Waals surface area contributed by atoms with Gasteiger partial charge in [0.15, 0.2) is 5.13 Å². The molecule has 0 aliphatic carbocycles.